The van der Waals surface area contributed by atoms with E-state index in [9.17, 15) is 4.79 Å². The number of hydrogen-bond acceptors (Lipinski definition) is 3. The third-order valence-electron chi connectivity index (χ3n) is 3.89. The summed E-state index contributed by atoms with van der Waals surface area (Å²) in [5.74, 6) is -0.135. The first kappa shape index (κ1) is 14.1. The lowest BCUT2D eigenvalue weighted by atomic mass is 9.96. The minimum atomic E-state index is -0.323. The fourth-order valence-electron chi connectivity index (χ4n) is 2.98. The molecule has 0 aromatic carbocycles. The number of hydrogen-bond donors (Lipinski definition) is 2. The summed E-state index contributed by atoms with van der Waals surface area (Å²) in [5.41, 5.74) is 6.62. The predicted octanol–water partition coefficient (Wildman–Crippen LogP) is 1.77. The number of aromatic nitrogens is 2. The number of piperidine rings is 1. The number of nitrogens with two attached hydrogens (primary N) is 1. The van der Waals surface area contributed by atoms with Crippen LogP contribution in [0.3, 0.4) is 0 Å². The molecule has 1 fully saturated rings. The normalized spacial score (nSPS) is 25.5. The molecular formula is C14H24N4O. The lowest BCUT2D eigenvalue weighted by Crippen LogP contribution is -2.38. The van der Waals surface area contributed by atoms with E-state index in [-0.39, 0.29) is 23.9 Å². The lowest BCUT2D eigenvalue weighted by molar-refractivity contribution is -0.122. The average Bonchev–Trinajstić information content (AvgIpc) is 2.77. The molecule has 3 unspecified atom stereocenters. The highest BCUT2D eigenvalue weighted by Gasteiger charge is 2.28. The maximum absolute atomic E-state index is 11.7. The van der Waals surface area contributed by atoms with Crippen molar-refractivity contribution in [2.45, 2.75) is 58.2 Å². The van der Waals surface area contributed by atoms with Crippen molar-refractivity contribution >= 4 is 5.91 Å². The van der Waals surface area contributed by atoms with E-state index in [1.165, 1.54) is 12.8 Å². The Kier molecular flexibility index (Phi) is 4.24. The number of carbonyl (C=O) groups is 1. The number of primary amides is 1. The van der Waals surface area contributed by atoms with Crippen molar-refractivity contribution in [1.82, 2.24) is 14.9 Å². The molecule has 3 N–H and O–H groups in total. The van der Waals surface area contributed by atoms with Gasteiger partial charge in [-0.05, 0) is 32.1 Å². The average molecular weight is 264 g/mol. The van der Waals surface area contributed by atoms with E-state index >= 15 is 0 Å². The first-order chi connectivity index (χ1) is 9.00. The second kappa shape index (κ2) is 5.74. The quantitative estimate of drug-likeness (QED) is 0.870. The highest BCUT2D eigenvalue weighted by atomic mass is 16.1. The van der Waals surface area contributed by atoms with Crippen LogP contribution >= 0.6 is 0 Å². The Morgan fingerprint density at radius 3 is 2.84 bits per heavy atom. The van der Waals surface area contributed by atoms with Gasteiger partial charge in [-0.3, -0.25) is 4.79 Å². The first-order valence-electron chi connectivity index (χ1n) is 7.07. The second-order valence-corrected chi connectivity index (χ2v) is 5.87. The van der Waals surface area contributed by atoms with Crippen molar-refractivity contribution in [2.24, 2.45) is 11.7 Å². The molecule has 1 aromatic heterocycles. The van der Waals surface area contributed by atoms with E-state index < -0.39 is 0 Å². The highest BCUT2D eigenvalue weighted by molar-refractivity contribution is 5.78. The molecule has 5 nitrogen and oxygen atoms in total. The smallest absolute Gasteiger partial charge is 0.240 e. The molecule has 1 aliphatic heterocycles. The van der Waals surface area contributed by atoms with Gasteiger partial charge in [0.05, 0.1) is 12.0 Å². The second-order valence-electron chi connectivity index (χ2n) is 5.87. The summed E-state index contributed by atoms with van der Waals surface area (Å²) >= 11 is 0. The van der Waals surface area contributed by atoms with E-state index in [0.717, 1.165) is 12.1 Å². The van der Waals surface area contributed by atoms with Crippen LogP contribution in [0.1, 0.15) is 57.8 Å². The van der Waals surface area contributed by atoms with E-state index in [4.69, 9.17) is 5.73 Å². The Morgan fingerprint density at radius 2 is 2.26 bits per heavy atom. The van der Waals surface area contributed by atoms with Gasteiger partial charge in [0.25, 0.3) is 0 Å². The number of rotatable bonds is 4. The largest absolute Gasteiger partial charge is 0.368 e. The van der Waals surface area contributed by atoms with Gasteiger partial charge in [0.1, 0.15) is 6.04 Å². The number of imidazole rings is 1. The van der Waals surface area contributed by atoms with Crippen molar-refractivity contribution in [2.75, 3.05) is 0 Å². The van der Waals surface area contributed by atoms with E-state index in [1.807, 2.05) is 24.6 Å². The molecule has 1 aromatic rings. The van der Waals surface area contributed by atoms with Crippen LogP contribution in [0.5, 0.6) is 0 Å². The molecule has 106 valence electrons. The summed E-state index contributed by atoms with van der Waals surface area (Å²) in [4.78, 5) is 15.9. The molecule has 2 heterocycles. The standard InChI is InChI=1S/C14H24N4O/c1-9(2)13(14(15)19)18-8-16-7-12(18)11-6-4-5-10(3)17-11/h7-11,13,17H,4-6H2,1-3H3,(H2,15,19). The molecule has 2 rings (SSSR count). The van der Waals surface area contributed by atoms with Gasteiger partial charge in [0.2, 0.25) is 5.91 Å². The zero-order valence-corrected chi connectivity index (χ0v) is 12.0. The summed E-state index contributed by atoms with van der Waals surface area (Å²) in [6.45, 7) is 6.22. The zero-order chi connectivity index (χ0) is 14.0. The van der Waals surface area contributed by atoms with Gasteiger partial charge in [-0.1, -0.05) is 13.8 Å². The topological polar surface area (TPSA) is 72.9 Å². The summed E-state index contributed by atoms with van der Waals surface area (Å²) < 4.78 is 1.95. The molecule has 0 spiro atoms. The van der Waals surface area contributed by atoms with Gasteiger partial charge in [-0.15, -0.1) is 0 Å². The molecule has 1 amide bonds. The molecular weight excluding hydrogens is 240 g/mol. The number of nitrogens with one attached hydrogen (secondary N) is 1. The van der Waals surface area contributed by atoms with Gasteiger partial charge in [0, 0.05) is 18.3 Å². The van der Waals surface area contributed by atoms with Crippen LogP contribution in [0, 0.1) is 5.92 Å². The summed E-state index contributed by atoms with van der Waals surface area (Å²) in [6, 6.07) is 0.455. The van der Waals surface area contributed by atoms with Crippen molar-refractivity contribution in [1.29, 1.82) is 0 Å². The molecule has 0 bridgehead atoms. The maximum atomic E-state index is 11.7. The zero-order valence-electron chi connectivity index (χ0n) is 12.0. The van der Waals surface area contributed by atoms with Crippen LogP contribution in [0.25, 0.3) is 0 Å². The Balaban J connectivity index is 2.28. The third kappa shape index (κ3) is 2.97. The number of amides is 1. The van der Waals surface area contributed by atoms with Gasteiger partial charge in [-0.25, -0.2) is 4.98 Å². The number of nitrogens with zero attached hydrogens (tertiary/aromatic N) is 2. The van der Waals surface area contributed by atoms with Crippen molar-refractivity contribution in [3.05, 3.63) is 18.2 Å². The molecule has 3 atom stereocenters. The Hall–Kier alpha value is -1.36. The fraction of sp³-hybridized carbons (Fsp3) is 0.714. The number of carbonyl (C=O) groups excluding carboxylic acids is 1. The minimum absolute atomic E-state index is 0.159. The Labute approximate surface area is 114 Å². The summed E-state index contributed by atoms with van der Waals surface area (Å²) in [5, 5.41) is 3.58. The van der Waals surface area contributed by atoms with Crippen LogP contribution in [0.4, 0.5) is 0 Å². The van der Waals surface area contributed by atoms with Crippen LogP contribution in [-0.4, -0.2) is 21.5 Å². The van der Waals surface area contributed by atoms with Crippen LogP contribution < -0.4 is 11.1 Å². The van der Waals surface area contributed by atoms with Gasteiger partial charge in [0.15, 0.2) is 0 Å². The van der Waals surface area contributed by atoms with E-state index in [1.54, 1.807) is 6.33 Å². The Bertz CT molecular complexity index is 440. The molecule has 1 aliphatic rings. The van der Waals surface area contributed by atoms with Crippen LogP contribution in [0.2, 0.25) is 0 Å². The summed E-state index contributed by atoms with van der Waals surface area (Å²) in [6.07, 6.45) is 7.07. The summed E-state index contributed by atoms with van der Waals surface area (Å²) in [7, 11) is 0. The SMILES string of the molecule is CC1CCCC(c2cncn2C(C(N)=O)C(C)C)N1. The van der Waals surface area contributed by atoms with Crippen molar-refractivity contribution < 1.29 is 4.79 Å². The van der Waals surface area contributed by atoms with E-state index in [0.29, 0.717) is 6.04 Å². The van der Waals surface area contributed by atoms with Crippen LogP contribution in [0.15, 0.2) is 12.5 Å². The third-order valence-corrected chi connectivity index (χ3v) is 3.89. The molecule has 0 saturated carbocycles. The van der Waals surface area contributed by atoms with Crippen molar-refractivity contribution in [3.63, 3.8) is 0 Å². The van der Waals surface area contributed by atoms with Crippen LogP contribution in [-0.2, 0) is 4.79 Å². The molecule has 0 aliphatic carbocycles. The lowest BCUT2D eigenvalue weighted by Gasteiger charge is -2.31. The van der Waals surface area contributed by atoms with E-state index in [2.05, 4.69) is 17.2 Å². The minimum Gasteiger partial charge on any atom is -0.368 e. The predicted molar refractivity (Wildman–Crippen MR) is 74.5 cm³/mol. The van der Waals surface area contributed by atoms with Gasteiger partial charge >= 0.3 is 0 Å². The molecule has 5 heteroatoms. The monoisotopic (exact) mass is 264 g/mol. The molecule has 0 radical (unpaired) electrons. The van der Waals surface area contributed by atoms with Gasteiger partial charge < -0.3 is 15.6 Å². The van der Waals surface area contributed by atoms with Gasteiger partial charge in [-0.2, -0.15) is 0 Å². The van der Waals surface area contributed by atoms with Crippen molar-refractivity contribution in [3.8, 4) is 0 Å². The fourth-order valence-corrected chi connectivity index (χ4v) is 2.98. The first-order valence-corrected chi connectivity index (χ1v) is 7.07. The highest BCUT2D eigenvalue weighted by Crippen LogP contribution is 2.29. The molecule has 19 heavy (non-hydrogen) atoms. The Morgan fingerprint density at radius 1 is 1.53 bits per heavy atom. The maximum Gasteiger partial charge on any atom is 0.240 e. The molecule has 1 saturated heterocycles.